The van der Waals surface area contributed by atoms with E-state index in [0.717, 1.165) is 17.9 Å². The molecule has 1 saturated heterocycles. The van der Waals surface area contributed by atoms with Crippen molar-refractivity contribution in [2.45, 2.75) is 52.1 Å². The highest BCUT2D eigenvalue weighted by Gasteiger charge is 2.40. The summed E-state index contributed by atoms with van der Waals surface area (Å²) in [6.45, 7) is 13.0. The highest BCUT2D eigenvalue weighted by atomic mass is 15.2. The van der Waals surface area contributed by atoms with Crippen LogP contribution in [0, 0.1) is 11.8 Å². The highest BCUT2D eigenvalue weighted by molar-refractivity contribution is 4.95. The summed E-state index contributed by atoms with van der Waals surface area (Å²) in [5.74, 6) is 1.86. The average molecular weight is 210 g/mol. The van der Waals surface area contributed by atoms with Gasteiger partial charge < -0.3 is 5.32 Å². The fourth-order valence-electron chi connectivity index (χ4n) is 2.59. The molecule has 2 heteroatoms. The Labute approximate surface area is 94.4 Å². The normalized spacial score (nSPS) is 37.2. The molecule has 1 heterocycles. The summed E-state index contributed by atoms with van der Waals surface area (Å²) >= 11 is 0. The SMILES string of the molecule is CC1CC1N1CCC(CNC(C)(C)C)C1. The molecule has 0 aromatic carbocycles. The molecule has 3 atom stereocenters. The topological polar surface area (TPSA) is 15.3 Å². The molecule has 1 N–H and O–H groups in total. The molecular weight excluding hydrogens is 184 g/mol. The van der Waals surface area contributed by atoms with Crippen molar-refractivity contribution in [2.24, 2.45) is 11.8 Å². The Morgan fingerprint density at radius 1 is 1.33 bits per heavy atom. The lowest BCUT2D eigenvalue weighted by Gasteiger charge is -2.23. The van der Waals surface area contributed by atoms with Gasteiger partial charge in [0.05, 0.1) is 0 Å². The van der Waals surface area contributed by atoms with Gasteiger partial charge in [-0.3, -0.25) is 4.90 Å². The van der Waals surface area contributed by atoms with Gasteiger partial charge >= 0.3 is 0 Å². The molecule has 0 spiro atoms. The molecule has 88 valence electrons. The van der Waals surface area contributed by atoms with Crippen LogP contribution in [0.4, 0.5) is 0 Å². The minimum Gasteiger partial charge on any atom is -0.312 e. The van der Waals surface area contributed by atoms with Crippen LogP contribution >= 0.6 is 0 Å². The minimum atomic E-state index is 0.278. The molecule has 0 bridgehead atoms. The van der Waals surface area contributed by atoms with E-state index >= 15 is 0 Å². The summed E-state index contributed by atoms with van der Waals surface area (Å²) in [4.78, 5) is 2.71. The Balaban J connectivity index is 1.69. The standard InChI is InChI=1S/C13H26N2/c1-10-7-12(10)15-6-5-11(9-15)8-14-13(2,3)4/h10-12,14H,5-9H2,1-4H3. The van der Waals surface area contributed by atoms with E-state index in [0.29, 0.717) is 0 Å². The van der Waals surface area contributed by atoms with Crippen LogP contribution in [-0.4, -0.2) is 36.1 Å². The summed E-state index contributed by atoms with van der Waals surface area (Å²) in [5.41, 5.74) is 0.278. The van der Waals surface area contributed by atoms with Crippen molar-refractivity contribution >= 4 is 0 Å². The molecule has 1 aliphatic carbocycles. The summed E-state index contributed by atoms with van der Waals surface area (Å²) in [5, 5.41) is 3.63. The van der Waals surface area contributed by atoms with Crippen LogP contribution in [0.3, 0.4) is 0 Å². The third-order valence-electron chi connectivity index (χ3n) is 3.77. The zero-order valence-corrected chi connectivity index (χ0v) is 10.7. The van der Waals surface area contributed by atoms with Crippen LogP contribution in [0.5, 0.6) is 0 Å². The van der Waals surface area contributed by atoms with Crippen LogP contribution in [0.25, 0.3) is 0 Å². The molecule has 0 aromatic rings. The number of hydrogen-bond acceptors (Lipinski definition) is 2. The second-order valence-corrected chi connectivity index (χ2v) is 6.56. The predicted molar refractivity (Wildman–Crippen MR) is 65.0 cm³/mol. The Morgan fingerprint density at radius 3 is 2.53 bits per heavy atom. The maximum Gasteiger partial charge on any atom is 0.0125 e. The quantitative estimate of drug-likeness (QED) is 0.767. The first kappa shape index (κ1) is 11.4. The van der Waals surface area contributed by atoms with Gasteiger partial charge in [0.1, 0.15) is 0 Å². The molecule has 3 unspecified atom stereocenters. The van der Waals surface area contributed by atoms with E-state index in [-0.39, 0.29) is 5.54 Å². The maximum absolute atomic E-state index is 3.63. The summed E-state index contributed by atoms with van der Waals surface area (Å²) in [6, 6.07) is 0.935. The lowest BCUT2D eigenvalue weighted by Crippen LogP contribution is -2.39. The molecule has 2 rings (SSSR count). The minimum absolute atomic E-state index is 0.278. The zero-order valence-electron chi connectivity index (χ0n) is 10.7. The molecule has 1 aliphatic heterocycles. The zero-order chi connectivity index (χ0) is 11.1. The smallest absolute Gasteiger partial charge is 0.0125 e. The average Bonchev–Trinajstić information content (AvgIpc) is 2.68. The number of nitrogens with one attached hydrogen (secondary N) is 1. The van der Waals surface area contributed by atoms with Crippen molar-refractivity contribution in [3.63, 3.8) is 0 Å². The first-order valence-corrected chi connectivity index (χ1v) is 6.45. The molecule has 2 fully saturated rings. The lowest BCUT2D eigenvalue weighted by atomic mass is 10.1. The van der Waals surface area contributed by atoms with E-state index in [9.17, 15) is 0 Å². The van der Waals surface area contributed by atoms with Crippen molar-refractivity contribution < 1.29 is 0 Å². The monoisotopic (exact) mass is 210 g/mol. The van der Waals surface area contributed by atoms with Crippen LogP contribution in [0.1, 0.15) is 40.5 Å². The molecule has 2 aliphatic rings. The maximum atomic E-state index is 3.63. The molecular formula is C13H26N2. The third-order valence-corrected chi connectivity index (χ3v) is 3.77. The van der Waals surface area contributed by atoms with Gasteiger partial charge in [-0.05, 0) is 58.5 Å². The van der Waals surface area contributed by atoms with Crippen molar-refractivity contribution in [1.29, 1.82) is 0 Å². The van der Waals surface area contributed by atoms with Gasteiger partial charge in [-0.1, -0.05) is 6.92 Å². The van der Waals surface area contributed by atoms with Gasteiger partial charge in [0.2, 0.25) is 0 Å². The van der Waals surface area contributed by atoms with E-state index in [4.69, 9.17) is 0 Å². The first-order valence-electron chi connectivity index (χ1n) is 6.45. The van der Waals surface area contributed by atoms with Crippen LogP contribution in [0.2, 0.25) is 0 Å². The van der Waals surface area contributed by atoms with Gasteiger partial charge in [0.25, 0.3) is 0 Å². The fourth-order valence-corrected chi connectivity index (χ4v) is 2.59. The Bertz CT molecular complexity index is 219. The van der Waals surface area contributed by atoms with Crippen LogP contribution < -0.4 is 5.32 Å². The van der Waals surface area contributed by atoms with Crippen LogP contribution in [-0.2, 0) is 0 Å². The van der Waals surface area contributed by atoms with Gasteiger partial charge in [-0.25, -0.2) is 0 Å². The predicted octanol–water partition coefficient (Wildman–Crippen LogP) is 2.10. The van der Waals surface area contributed by atoms with Crippen molar-refractivity contribution in [1.82, 2.24) is 10.2 Å². The summed E-state index contributed by atoms with van der Waals surface area (Å²) in [6.07, 6.45) is 2.84. The molecule has 0 aromatic heterocycles. The van der Waals surface area contributed by atoms with Gasteiger partial charge in [-0.2, -0.15) is 0 Å². The van der Waals surface area contributed by atoms with E-state index in [1.54, 1.807) is 0 Å². The van der Waals surface area contributed by atoms with Gasteiger partial charge in [0, 0.05) is 18.1 Å². The molecule has 15 heavy (non-hydrogen) atoms. The summed E-state index contributed by atoms with van der Waals surface area (Å²) in [7, 11) is 0. The number of nitrogens with zero attached hydrogens (tertiary/aromatic N) is 1. The van der Waals surface area contributed by atoms with Gasteiger partial charge in [0.15, 0.2) is 0 Å². The molecule has 2 nitrogen and oxygen atoms in total. The van der Waals surface area contributed by atoms with E-state index in [1.807, 2.05) is 0 Å². The van der Waals surface area contributed by atoms with Crippen LogP contribution in [0.15, 0.2) is 0 Å². The lowest BCUT2D eigenvalue weighted by molar-refractivity contribution is 0.293. The number of likely N-dealkylation sites (tertiary alicyclic amines) is 1. The molecule has 1 saturated carbocycles. The fraction of sp³-hybridized carbons (Fsp3) is 1.00. The van der Waals surface area contributed by atoms with Gasteiger partial charge in [-0.15, -0.1) is 0 Å². The van der Waals surface area contributed by atoms with E-state index in [2.05, 4.69) is 37.9 Å². The summed E-state index contributed by atoms with van der Waals surface area (Å²) < 4.78 is 0. The van der Waals surface area contributed by atoms with E-state index < -0.39 is 0 Å². The number of hydrogen-bond donors (Lipinski definition) is 1. The Hall–Kier alpha value is -0.0800. The van der Waals surface area contributed by atoms with Crippen molar-refractivity contribution in [3.05, 3.63) is 0 Å². The Morgan fingerprint density at radius 2 is 2.00 bits per heavy atom. The highest BCUT2D eigenvalue weighted by Crippen LogP contribution is 2.37. The van der Waals surface area contributed by atoms with Crippen molar-refractivity contribution in [2.75, 3.05) is 19.6 Å². The third kappa shape index (κ3) is 3.18. The second kappa shape index (κ2) is 4.06. The largest absolute Gasteiger partial charge is 0.312 e. The molecule has 0 amide bonds. The van der Waals surface area contributed by atoms with Crippen molar-refractivity contribution in [3.8, 4) is 0 Å². The second-order valence-electron chi connectivity index (χ2n) is 6.56. The first-order chi connectivity index (χ1) is 6.96. The Kier molecular flexibility index (Phi) is 3.09. The molecule has 0 radical (unpaired) electrons. The number of rotatable bonds is 3. The van der Waals surface area contributed by atoms with E-state index in [1.165, 1.54) is 32.5 Å².